The molecule has 3 atom stereocenters. The Labute approximate surface area is 121 Å². The minimum atomic E-state index is -1.44. The van der Waals surface area contributed by atoms with Crippen LogP contribution in [0.15, 0.2) is 0 Å². The summed E-state index contributed by atoms with van der Waals surface area (Å²) in [5.41, 5.74) is 0. The van der Waals surface area contributed by atoms with Crippen molar-refractivity contribution >= 4 is 22.7 Å². The van der Waals surface area contributed by atoms with E-state index in [1.54, 1.807) is 13.8 Å². The number of carbonyl (C=O) groups is 2. The third kappa shape index (κ3) is 1.98. The summed E-state index contributed by atoms with van der Waals surface area (Å²) in [7, 11) is -1.44. The van der Waals surface area contributed by atoms with E-state index in [-0.39, 0.29) is 12.3 Å². The van der Waals surface area contributed by atoms with E-state index in [4.69, 9.17) is 0 Å². The first-order valence-electron chi connectivity index (χ1n) is 7.01. The number of carboxylic acid groups (broad SMARTS) is 1. The smallest absolute Gasteiger partial charge is 0.328 e. The van der Waals surface area contributed by atoms with Crippen LogP contribution in [0.5, 0.6) is 0 Å². The second-order valence-corrected chi connectivity index (χ2v) is 8.24. The van der Waals surface area contributed by atoms with Gasteiger partial charge in [0.2, 0.25) is 5.91 Å². The van der Waals surface area contributed by atoms with Crippen molar-refractivity contribution in [1.29, 1.82) is 0 Å². The number of carbonyl (C=O) groups excluding carboxylic acids is 1. The standard InChI is InChI=1S/C13H22N2O4S/c1-4-5-6-7-14-13-8-9(16)15(13)10(11(17)18)12(2,3)20(13)19/h10,14H,4-8H2,1-3H3,(H,17,18)/t10-,13?,20?/m0/s1. The van der Waals surface area contributed by atoms with Gasteiger partial charge in [0.1, 0.15) is 6.04 Å². The molecule has 0 radical (unpaired) electrons. The maximum atomic E-state index is 12.7. The van der Waals surface area contributed by atoms with E-state index in [2.05, 4.69) is 12.2 Å². The highest BCUT2D eigenvalue weighted by Gasteiger charge is 2.72. The predicted molar refractivity (Wildman–Crippen MR) is 75.4 cm³/mol. The van der Waals surface area contributed by atoms with Crippen LogP contribution in [0.2, 0.25) is 0 Å². The van der Waals surface area contributed by atoms with Crippen LogP contribution in [0.1, 0.15) is 46.5 Å². The first-order valence-corrected chi connectivity index (χ1v) is 8.16. The fourth-order valence-corrected chi connectivity index (χ4v) is 5.27. The molecular weight excluding hydrogens is 280 g/mol. The molecule has 2 N–H and O–H groups in total. The number of amides is 1. The molecule has 2 aliphatic heterocycles. The summed E-state index contributed by atoms with van der Waals surface area (Å²) in [6, 6.07) is -1.02. The average molecular weight is 302 g/mol. The average Bonchev–Trinajstić information content (AvgIpc) is 2.50. The van der Waals surface area contributed by atoms with Gasteiger partial charge in [-0.15, -0.1) is 0 Å². The molecule has 2 unspecified atom stereocenters. The van der Waals surface area contributed by atoms with Gasteiger partial charge in [0.15, 0.2) is 4.99 Å². The summed E-state index contributed by atoms with van der Waals surface area (Å²) in [5, 5.41) is 12.6. The Kier molecular flexibility index (Phi) is 3.94. The van der Waals surface area contributed by atoms with Crippen LogP contribution in [-0.2, 0) is 20.4 Å². The summed E-state index contributed by atoms with van der Waals surface area (Å²) in [5.74, 6) is -1.33. The van der Waals surface area contributed by atoms with Crippen LogP contribution in [0.3, 0.4) is 0 Å². The molecule has 7 heteroatoms. The lowest BCUT2D eigenvalue weighted by atomic mass is 9.96. The van der Waals surface area contributed by atoms with Gasteiger partial charge in [0, 0.05) is 0 Å². The zero-order valence-electron chi connectivity index (χ0n) is 12.1. The number of hydrogen-bond donors (Lipinski definition) is 2. The third-order valence-corrected chi connectivity index (χ3v) is 6.44. The van der Waals surface area contributed by atoms with Gasteiger partial charge in [-0.05, 0) is 26.8 Å². The maximum absolute atomic E-state index is 12.7. The second kappa shape index (κ2) is 5.11. The Morgan fingerprint density at radius 3 is 2.65 bits per heavy atom. The van der Waals surface area contributed by atoms with Crippen LogP contribution < -0.4 is 5.32 Å². The molecule has 0 bridgehead atoms. The lowest BCUT2D eigenvalue weighted by Crippen LogP contribution is -2.71. The number of β-lactam (4-membered cyclic amide) rings is 1. The molecule has 0 aromatic heterocycles. The number of carboxylic acids is 1. The quantitative estimate of drug-likeness (QED) is 0.555. The maximum Gasteiger partial charge on any atom is 0.328 e. The molecular formula is C13H22N2O4S. The van der Waals surface area contributed by atoms with E-state index < -0.39 is 32.6 Å². The molecule has 2 fully saturated rings. The summed E-state index contributed by atoms with van der Waals surface area (Å²) in [6.07, 6.45) is 3.17. The zero-order chi connectivity index (χ0) is 15.1. The van der Waals surface area contributed by atoms with Gasteiger partial charge in [-0.2, -0.15) is 0 Å². The van der Waals surface area contributed by atoms with Crippen LogP contribution in [0.4, 0.5) is 0 Å². The van der Waals surface area contributed by atoms with Crippen LogP contribution >= 0.6 is 0 Å². The normalized spacial score (nSPS) is 34.8. The van der Waals surface area contributed by atoms with Gasteiger partial charge in [-0.3, -0.25) is 19.2 Å². The lowest BCUT2D eigenvalue weighted by Gasteiger charge is -2.47. The highest BCUT2D eigenvalue weighted by atomic mass is 32.2. The Balaban J connectivity index is 2.23. The van der Waals surface area contributed by atoms with Gasteiger partial charge >= 0.3 is 5.97 Å². The van der Waals surface area contributed by atoms with Crippen LogP contribution in [-0.4, -0.2) is 48.4 Å². The number of rotatable bonds is 6. The molecule has 2 rings (SSSR count). The van der Waals surface area contributed by atoms with Crippen LogP contribution in [0.25, 0.3) is 0 Å². The van der Waals surface area contributed by atoms with Crippen LogP contribution in [0, 0.1) is 0 Å². The van der Waals surface area contributed by atoms with E-state index in [1.165, 1.54) is 4.90 Å². The zero-order valence-corrected chi connectivity index (χ0v) is 13.0. The molecule has 6 nitrogen and oxygen atoms in total. The fourth-order valence-electron chi connectivity index (χ4n) is 3.12. The van der Waals surface area contributed by atoms with Crippen molar-refractivity contribution in [2.45, 2.75) is 62.2 Å². The first-order chi connectivity index (χ1) is 9.29. The number of nitrogens with zero attached hydrogens (tertiary/aromatic N) is 1. The van der Waals surface area contributed by atoms with Gasteiger partial charge < -0.3 is 5.11 Å². The number of nitrogens with one attached hydrogen (secondary N) is 1. The Morgan fingerprint density at radius 1 is 1.50 bits per heavy atom. The topological polar surface area (TPSA) is 86.7 Å². The first kappa shape index (κ1) is 15.4. The van der Waals surface area contributed by atoms with Crippen molar-refractivity contribution in [2.24, 2.45) is 0 Å². The number of hydrogen-bond acceptors (Lipinski definition) is 4. The minimum absolute atomic E-state index is 0.124. The molecule has 2 aliphatic rings. The molecule has 0 aromatic rings. The number of aliphatic carboxylic acids is 1. The number of unbranched alkanes of at least 4 members (excludes halogenated alkanes) is 2. The minimum Gasteiger partial charge on any atom is -0.480 e. The summed E-state index contributed by atoms with van der Waals surface area (Å²) in [6.45, 7) is 6.05. The molecule has 2 heterocycles. The molecule has 0 spiro atoms. The van der Waals surface area contributed by atoms with Gasteiger partial charge in [-0.1, -0.05) is 19.8 Å². The van der Waals surface area contributed by atoms with Crippen molar-refractivity contribution < 1.29 is 18.9 Å². The SMILES string of the molecule is CCCCCNC12CC(=O)N1[C@@H](C(=O)O)C(C)(C)S2=O. The molecule has 2 saturated heterocycles. The van der Waals surface area contributed by atoms with Crippen molar-refractivity contribution in [3.05, 3.63) is 0 Å². The van der Waals surface area contributed by atoms with E-state index in [9.17, 15) is 18.9 Å². The summed E-state index contributed by atoms with van der Waals surface area (Å²) in [4.78, 5) is 23.6. The summed E-state index contributed by atoms with van der Waals surface area (Å²) < 4.78 is 11.8. The lowest BCUT2D eigenvalue weighted by molar-refractivity contribution is -0.165. The Bertz CT molecular complexity index is 465. The van der Waals surface area contributed by atoms with Gasteiger partial charge in [-0.25, -0.2) is 4.79 Å². The van der Waals surface area contributed by atoms with Gasteiger partial charge in [0.25, 0.3) is 0 Å². The van der Waals surface area contributed by atoms with Crippen molar-refractivity contribution in [3.8, 4) is 0 Å². The van der Waals surface area contributed by atoms with Gasteiger partial charge in [0.05, 0.1) is 22.0 Å². The van der Waals surface area contributed by atoms with Crippen molar-refractivity contribution in [1.82, 2.24) is 10.2 Å². The van der Waals surface area contributed by atoms with Crippen molar-refractivity contribution in [2.75, 3.05) is 6.54 Å². The monoisotopic (exact) mass is 302 g/mol. The predicted octanol–water partition coefficient (Wildman–Crippen LogP) is 0.646. The Hall–Kier alpha value is -0.950. The molecule has 20 heavy (non-hydrogen) atoms. The summed E-state index contributed by atoms with van der Waals surface area (Å²) >= 11 is 0. The molecule has 0 saturated carbocycles. The number of fused-ring (bicyclic) bond motifs is 1. The van der Waals surface area contributed by atoms with E-state index in [0.717, 1.165) is 19.3 Å². The fraction of sp³-hybridized carbons (Fsp3) is 0.846. The molecule has 1 amide bonds. The molecule has 114 valence electrons. The Morgan fingerprint density at radius 2 is 2.15 bits per heavy atom. The van der Waals surface area contributed by atoms with E-state index in [1.807, 2.05) is 0 Å². The molecule has 0 aliphatic carbocycles. The van der Waals surface area contributed by atoms with E-state index in [0.29, 0.717) is 6.54 Å². The van der Waals surface area contributed by atoms with Crippen molar-refractivity contribution in [3.63, 3.8) is 0 Å². The second-order valence-electron chi connectivity index (χ2n) is 5.97. The largest absolute Gasteiger partial charge is 0.480 e. The highest BCUT2D eigenvalue weighted by Crippen LogP contribution is 2.49. The molecule has 0 aromatic carbocycles. The highest BCUT2D eigenvalue weighted by molar-refractivity contribution is 7.88. The van der Waals surface area contributed by atoms with E-state index >= 15 is 0 Å². The third-order valence-electron chi connectivity index (χ3n) is 4.17.